The van der Waals surface area contributed by atoms with Crippen LogP contribution in [-0.4, -0.2) is 51.1 Å². The van der Waals surface area contributed by atoms with Gasteiger partial charge in [0.25, 0.3) is 5.91 Å². The smallest absolute Gasteiger partial charge is 0.254 e. The van der Waals surface area contributed by atoms with E-state index in [2.05, 4.69) is 4.90 Å². The van der Waals surface area contributed by atoms with Crippen molar-refractivity contribution in [1.29, 1.82) is 0 Å². The summed E-state index contributed by atoms with van der Waals surface area (Å²) in [7, 11) is 0. The van der Waals surface area contributed by atoms with E-state index in [1.54, 1.807) is 10.6 Å². The molecule has 2 N–H and O–H groups in total. The maximum Gasteiger partial charge on any atom is 0.254 e. The van der Waals surface area contributed by atoms with Crippen molar-refractivity contribution in [3.05, 3.63) is 58.7 Å². The number of piperidine rings is 1. The van der Waals surface area contributed by atoms with Crippen molar-refractivity contribution in [3.63, 3.8) is 0 Å². The van der Waals surface area contributed by atoms with Crippen LogP contribution in [0.15, 0.2) is 30.5 Å². The van der Waals surface area contributed by atoms with Gasteiger partial charge in [-0.15, -0.1) is 0 Å². The molecule has 2 aliphatic heterocycles. The Hall–Kier alpha value is -3.00. The third-order valence-corrected chi connectivity index (χ3v) is 6.68. The van der Waals surface area contributed by atoms with E-state index in [4.69, 9.17) is 15.8 Å². The molecule has 8 heteroatoms. The van der Waals surface area contributed by atoms with Crippen LogP contribution >= 0.6 is 0 Å². The van der Waals surface area contributed by atoms with Crippen LogP contribution in [0.1, 0.15) is 58.9 Å². The van der Waals surface area contributed by atoms with Crippen molar-refractivity contribution in [2.45, 2.75) is 51.6 Å². The number of aromatic nitrogens is 3. The van der Waals surface area contributed by atoms with Crippen molar-refractivity contribution < 1.29 is 9.18 Å². The average molecular weight is 437 g/mol. The molecular formula is C24H29FN6O. The van der Waals surface area contributed by atoms with Crippen LogP contribution in [0, 0.1) is 19.7 Å². The number of hydrogen-bond acceptors (Lipinski definition) is 5. The Labute approximate surface area is 187 Å². The first-order valence-electron chi connectivity index (χ1n) is 11.4. The van der Waals surface area contributed by atoms with Gasteiger partial charge in [0.1, 0.15) is 11.6 Å². The summed E-state index contributed by atoms with van der Waals surface area (Å²) in [6.45, 7) is 6.23. The number of hydrogen-bond donors (Lipinski definition) is 1. The first kappa shape index (κ1) is 20.9. The van der Waals surface area contributed by atoms with Gasteiger partial charge in [-0.2, -0.15) is 5.10 Å². The molecule has 0 bridgehead atoms. The number of carbonyl (C=O) groups is 1. The Bertz CT molecular complexity index is 1170. The molecule has 0 saturated carbocycles. The van der Waals surface area contributed by atoms with E-state index in [1.807, 2.05) is 31.0 Å². The minimum Gasteiger partial charge on any atom is -0.355 e. The molecule has 3 aromatic rings. The van der Waals surface area contributed by atoms with Crippen LogP contribution in [0.25, 0.3) is 5.65 Å². The van der Waals surface area contributed by atoms with E-state index in [9.17, 15) is 9.18 Å². The summed E-state index contributed by atoms with van der Waals surface area (Å²) in [6, 6.07) is 6.40. The van der Waals surface area contributed by atoms with Crippen LogP contribution in [0.3, 0.4) is 0 Å². The molecule has 0 unspecified atom stereocenters. The van der Waals surface area contributed by atoms with Gasteiger partial charge in [-0.25, -0.2) is 13.9 Å². The second-order valence-corrected chi connectivity index (χ2v) is 9.08. The number of likely N-dealkylation sites (tertiary alicyclic amines) is 1. The first-order chi connectivity index (χ1) is 15.4. The maximum atomic E-state index is 13.9. The van der Waals surface area contributed by atoms with E-state index >= 15 is 0 Å². The van der Waals surface area contributed by atoms with Crippen LogP contribution in [-0.2, 0) is 0 Å². The Kier molecular flexibility index (Phi) is 5.33. The standard InChI is InChI=1S/C24H29FN6O/c1-15-6-7-17(25)11-19(15)24(32)30-9-4-3-5-21(30)20-12-22-27-23(16(2)13-31(22)28-20)29-10-8-18(26)14-29/h6-7,11-13,18,21H,3-5,8-10,14,26H2,1-2H3/t18-,21-/m0/s1. The predicted molar refractivity (Wildman–Crippen MR) is 121 cm³/mol. The van der Waals surface area contributed by atoms with Crippen molar-refractivity contribution in [3.8, 4) is 0 Å². The Morgan fingerprint density at radius 2 is 1.97 bits per heavy atom. The summed E-state index contributed by atoms with van der Waals surface area (Å²) in [5.74, 6) is 0.414. The number of amides is 1. The summed E-state index contributed by atoms with van der Waals surface area (Å²) < 4.78 is 15.7. The molecule has 32 heavy (non-hydrogen) atoms. The van der Waals surface area contributed by atoms with E-state index < -0.39 is 5.82 Å². The summed E-state index contributed by atoms with van der Waals surface area (Å²) in [4.78, 5) is 22.3. The van der Waals surface area contributed by atoms with E-state index in [0.29, 0.717) is 12.1 Å². The van der Waals surface area contributed by atoms with Gasteiger partial charge in [-0.3, -0.25) is 4.79 Å². The molecule has 4 heterocycles. The molecule has 0 radical (unpaired) electrons. The molecule has 0 aliphatic carbocycles. The lowest BCUT2D eigenvalue weighted by Gasteiger charge is -2.35. The number of anilines is 1. The number of aryl methyl sites for hydroxylation is 2. The molecule has 168 valence electrons. The monoisotopic (exact) mass is 436 g/mol. The zero-order valence-corrected chi connectivity index (χ0v) is 18.6. The SMILES string of the molecule is Cc1ccc(F)cc1C(=O)N1CCCC[C@H]1c1cc2nc(N3CC[C@H](N)C3)c(C)cn2n1. The maximum absolute atomic E-state index is 13.9. The second-order valence-electron chi connectivity index (χ2n) is 9.08. The molecule has 2 saturated heterocycles. The van der Waals surface area contributed by atoms with Gasteiger partial charge < -0.3 is 15.5 Å². The Balaban J connectivity index is 1.48. The lowest BCUT2D eigenvalue weighted by atomic mass is 9.97. The zero-order chi connectivity index (χ0) is 22.4. The van der Waals surface area contributed by atoms with Crippen LogP contribution in [0.4, 0.5) is 10.2 Å². The number of fused-ring (bicyclic) bond motifs is 1. The van der Waals surface area contributed by atoms with Crippen molar-refractivity contribution in [1.82, 2.24) is 19.5 Å². The van der Waals surface area contributed by atoms with E-state index in [-0.39, 0.29) is 18.0 Å². The lowest BCUT2D eigenvalue weighted by Crippen LogP contribution is -2.39. The molecule has 0 spiro atoms. The number of nitrogens with two attached hydrogens (primary N) is 1. The van der Waals surface area contributed by atoms with Gasteiger partial charge in [-0.05, 0) is 57.2 Å². The first-order valence-corrected chi connectivity index (χ1v) is 11.4. The number of nitrogens with zero attached hydrogens (tertiary/aromatic N) is 5. The van der Waals surface area contributed by atoms with E-state index in [0.717, 1.165) is 67.1 Å². The van der Waals surface area contributed by atoms with Crippen molar-refractivity contribution in [2.24, 2.45) is 5.73 Å². The lowest BCUT2D eigenvalue weighted by molar-refractivity contribution is 0.0604. The van der Waals surface area contributed by atoms with Crippen LogP contribution in [0.2, 0.25) is 0 Å². The molecule has 2 aromatic heterocycles. The fourth-order valence-corrected chi connectivity index (χ4v) is 4.94. The van der Waals surface area contributed by atoms with Gasteiger partial charge >= 0.3 is 0 Å². The minimum absolute atomic E-state index is 0.139. The van der Waals surface area contributed by atoms with Crippen molar-refractivity contribution in [2.75, 3.05) is 24.5 Å². The highest BCUT2D eigenvalue weighted by atomic mass is 19.1. The molecule has 5 rings (SSSR count). The molecule has 2 aliphatic rings. The Morgan fingerprint density at radius 1 is 1.12 bits per heavy atom. The van der Waals surface area contributed by atoms with Gasteiger partial charge in [0.2, 0.25) is 0 Å². The number of benzene rings is 1. The van der Waals surface area contributed by atoms with E-state index in [1.165, 1.54) is 12.1 Å². The highest BCUT2D eigenvalue weighted by Crippen LogP contribution is 2.33. The fourth-order valence-electron chi connectivity index (χ4n) is 4.94. The normalized spacial score (nSPS) is 21.5. The third-order valence-electron chi connectivity index (χ3n) is 6.68. The summed E-state index contributed by atoms with van der Waals surface area (Å²) in [5.41, 5.74) is 9.93. The molecule has 2 fully saturated rings. The summed E-state index contributed by atoms with van der Waals surface area (Å²) >= 11 is 0. The molecule has 1 aromatic carbocycles. The number of carbonyl (C=O) groups excluding carboxylic acids is 1. The highest BCUT2D eigenvalue weighted by molar-refractivity contribution is 5.96. The fraction of sp³-hybridized carbons (Fsp3) is 0.458. The molecule has 7 nitrogen and oxygen atoms in total. The topological polar surface area (TPSA) is 79.8 Å². The van der Waals surface area contributed by atoms with Gasteiger partial charge in [0, 0.05) is 49.1 Å². The molecule has 1 amide bonds. The number of halogens is 1. The summed E-state index contributed by atoms with van der Waals surface area (Å²) in [6.07, 6.45) is 5.75. The highest BCUT2D eigenvalue weighted by Gasteiger charge is 2.32. The predicted octanol–water partition coefficient (Wildman–Crippen LogP) is 3.39. The quantitative estimate of drug-likeness (QED) is 0.681. The van der Waals surface area contributed by atoms with Crippen LogP contribution in [0.5, 0.6) is 0 Å². The average Bonchev–Trinajstić information content (AvgIpc) is 3.40. The Morgan fingerprint density at radius 3 is 2.75 bits per heavy atom. The van der Waals surface area contributed by atoms with Gasteiger partial charge in [-0.1, -0.05) is 6.07 Å². The molecular weight excluding hydrogens is 407 g/mol. The molecule has 2 atom stereocenters. The minimum atomic E-state index is -0.394. The largest absolute Gasteiger partial charge is 0.355 e. The third kappa shape index (κ3) is 3.72. The van der Waals surface area contributed by atoms with Crippen LogP contribution < -0.4 is 10.6 Å². The summed E-state index contributed by atoms with van der Waals surface area (Å²) in [5, 5.41) is 4.79. The number of rotatable bonds is 3. The second kappa shape index (κ2) is 8.16. The van der Waals surface area contributed by atoms with Gasteiger partial charge in [0.05, 0.1) is 11.7 Å². The zero-order valence-electron chi connectivity index (χ0n) is 18.6. The van der Waals surface area contributed by atoms with Crippen molar-refractivity contribution >= 4 is 17.4 Å². The van der Waals surface area contributed by atoms with Gasteiger partial charge in [0.15, 0.2) is 5.65 Å².